The van der Waals surface area contributed by atoms with Gasteiger partial charge in [0.1, 0.15) is 11.5 Å². The number of piperidine rings is 1. The number of likely N-dealkylation sites (tertiary alicyclic amines) is 1. The zero-order valence-electron chi connectivity index (χ0n) is 20.6. The van der Waals surface area contributed by atoms with Crippen molar-refractivity contribution in [1.82, 2.24) is 19.9 Å². The molecule has 14 heteroatoms. The Bertz CT molecular complexity index is 1250. The van der Waals surface area contributed by atoms with Gasteiger partial charge in [0.25, 0.3) is 5.91 Å². The Hall–Kier alpha value is -2.02. The molecule has 0 bridgehead atoms. The maximum Gasteiger partial charge on any atom is 0.306 e. The van der Waals surface area contributed by atoms with Crippen molar-refractivity contribution in [3.8, 4) is 11.3 Å². The fraction of sp³-hybridized carbons (Fsp3) is 0.458. The second kappa shape index (κ2) is 13.4. The molecule has 9 nitrogen and oxygen atoms in total. The minimum absolute atomic E-state index is 0. The van der Waals surface area contributed by atoms with Crippen molar-refractivity contribution < 1.29 is 14.7 Å². The topological polar surface area (TPSA) is 112 Å². The van der Waals surface area contributed by atoms with Crippen LogP contribution in [0.2, 0.25) is 4.34 Å². The minimum Gasteiger partial charge on any atom is -0.481 e. The quantitative estimate of drug-likeness (QED) is 0.347. The van der Waals surface area contributed by atoms with Gasteiger partial charge in [-0.1, -0.05) is 22.9 Å². The first-order valence-electron chi connectivity index (χ1n) is 12.0. The summed E-state index contributed by atoms with van der Waals surface area (Å²) in [6, 6.07) is 2.43. The van der Waals surface area contributed by atoms with Crippen molar-refractivity contribution in [3.63, 3.8) is 0 Å². The van der Waals surface area contributed by atoms with Crippen molar-refractivity contribution in [3.05, 3.63) is 38.7 Å². The first kappa shape index (κ1) is 30.5. The maximum absolute atomic E-state index is 12.9. The molecule has 3 aromatic rings. The Morgan fingerprint density at radius 2 is 1.92 bits per heavy atom. The molecule has 0 unspecified atom stereocenters. The lowest BCUT2D eigenvalue weighted by molar-refractivity contribution is -0.142. The molecule has 2 aliphatic rings. The smallest absolute Gasteiger partial charge is 0.306 e. The minimum atomic E-state index is -0.752. The predicted octanol–water partition coefficient (Wildman–Crippen LogP) is 5.70. The number of nitrogens with one attached hydrogen (secondary N) is 1. The van der Waals surface area contributed by atoms with Gasteiger partial charge in [0.05, 0.1) is 28.3 Å². The van der Waals surface area contributed by atoms with Crippen LogP contribution in [0.1, 0.15) is 48.0 Å². The van der Waals surface area contributed by atoms with Crippen LogP contribution in [-0.4, -0.2) is 62.5 Å². The number of rotatable bonds is 7. The molecule has 1 atom stereocenters. The van der Waals surface area contributed by atoms with Gasteiger partial charge in [-0.15, -0.1) is 36.2 Å². The standard InChI is InChI=1S/C24H27ClN6O3S2.2ClH/c1-14-3-2-6-31(14)12-18-21(16-9-19(25)35-13-16)28-24(36-18)29-22(32)17-10-27-20(11-26-17)30-7-4-15(5-8-30)23(33)34;;/h9-11,13-15H,2-8,12H2,1H3,(H,33,34)(H,28,29,32);2*1H/t14-;;/m1../s1. The molecule has 38 heavy (non-hydrogen) atoms. The van der Waals surface area contributed by atoms with E-state index in [-0.39, 0.29) is 42.3 Å². The fourth-order valence-corrected chi connectivity index (χ4v) is 6.57. The van der Waals surface area contributed by atoms with Gasteiger partial charge >= 0.3 is 5.97 Å². The van der Waals surface area contributed by atoms with Gasteiger partial charge in [-0.25, -0.2) is 15.0 Å². The number of thiazole rings is 1. The van der Waals surface area contributed by atoms with Crippen molar-refractivity contribution in [2.75, 3.05) is 29.9 Å². The van der Waals surface area contributed by atoms with E-state index in [1.165, 1.54) is 41.7 Å². The van der Waals surface area contributed by atoms with E-state index in [4.69, 9.17) is 16.6 Å². The van der Waals surface area contributed by atoms with E-state index in [1.54, 1.807) is 6.20 Å². The summed E-state index contributed by atoms with van der Waals surface area (Å²) in [4.78, 5) is 43.1. The highest BCUT2D eigenvalue weighted by Gasteiger charge is 2.26. The van der Waals surface area contributed by atoms with Crippen LogP contribution < -0.4 is 10.2 Å². The first-order valence-corrected chi connectivity index (χ1v) is 14.0. The molecule has 2 saturated heterocycles. The molecule has 2 fully saturated rings. The third-order valence-corrected chi connectivity index (χ3v) is 8.88. The number of hydrogen-bond donors (Lipinski definition) is 2. The van der Waals surface area contributed by atoms with Gasteiger partial charge in [0.2, 0.25) is 0 Å². The molecular weight excluding hydrogens is 591 g/mol. The van der Waals surface area contributed by atoms with Gasteiger partial charge in [-0.3, -0.25) is 19.8 Å². The molecule has 3 aromatic heterocycles. The Morgan fingerprint density at radius 1 is 1.16 bits per heavy atom. The molecular formula is C24H29Cl3N6O3S2. The number of aliphatic carboxylic acids is 1. The van der Waals surface area contributed by atoms with E-state index < -0.39 is 5.97 Å². The summed E-state index contributed by atoms with van der Waals surface area (Å²) in [5.41, 5.74) is 2.01. The van der Waals surface area contributed by atoms with Crippen LogP contribution >= 0.6 is 59.1 Å². The van der Waals surface area contributed by atoms with E-state index in [0.717, 1.165) is 29.2 Å². The zero-order chi connectivity index (χ0) is 25.2. The molecule has 2 N–H and O–H groups in total. The lowest BCUT2D eigenvalue weighted by Crippen LogP contribution is -2.36. The van der Waals surface area contributed by atoms with Crippen LogP contribution in [0.4, 0.5) is 10.9 Å². The van der Waals surface area contributed by atoms with Crippen LogP contribution in [0.5, 0.6) is 0 Å². The molecule has 5 heterocycles. The third kappa shape index (κ3) is 6.94. The second-order valence-electron chi connectivity index (χ2n) is 9.21. The van der Waals surface area contributed by atoms with Crippen molar-refractivity contribution in [2.24, 2.45) is 5.92 Å². The summed E-state index contributed by atoms with van der Waals surface area (Å²) in [5, 5.41) is 14.6. The van der Waals surface area contributed by atoms with Crippen LogP contribution in [0.15, 0.2) is 23.8 Å². The molecule has 0 spiro atoms. The van der Waals surface area contributed by atoms with Crippen molar-refractivity contribution in [2.45, 2.75) is 45.2 Å². The predicted molar refractivity (Wildman–Crippen MR) is 157 cm³/mol. The van der Waals surface area contributed by atoms with E-state index in [9.17, 15) is 14.7 Å². The maximum atomic E-state index is 12.9. The Kier molecular flexibility index (Phi) is 10.7. The molecule has 0 aromatic carbocycles. The summed E-state index contributed by atoms with van der Waals surface area (Å²) < 4.78 is 0.701. The molecule has 0 saturated carbocycles. The fourth-order valence-electron chi connectivity index (χ4n) is 4.70. The highest BCUT2D eigenvalue weighted by molar-refractivity contribution is 7.16. The highest BCUT2D eigenvalue weighted by Crippen LogP contribution is 2.37. The largest absolute Gasteiger partial charge is 0.481 e. The number of carboxylic acid groups (broad SMARTS) is 1. The van der Waals surface area contributed by atoms with Gasteiger partial charge < -0.3 is 10.0 Å². The number of halogens is 3. The SMILES string of the molecule is C[C@@H]1CCCN1Cc1sc(NC(=O)c2cnc(N3CCC(C(=O)O)CC3)cn2)nc1-c1csc(Cl)c1.Cl.Cl. The van der Waals surface area contributed by atoms with E-state index in [2.05, 4.69) is 27.1 Å². The Morgan fingerprint density at radius 3 is 2.50 bits per heavy atom. The van der Waals surface area contributed by atoms with Crippen LogP contribution in [0, 0.1) is 5.92 Å². The normalized spacial score (nSPS) is 18.1. The van der Waals surface area contributed by atoms with Crippen molar-refractivity contribution >= 4 is 81.9 Å². The molecule has 5 rings (SSSR count). The number of amides is 1. The highest BCUT2D eigenvalue weighted by atomic mass is 35.5. The number of thiophene rings is 1. The van der Waals surface area contributed by atoms with E-state index in [0.29, 0.717) is 47.3 Å². The van der Waals surface area contributed by atoms with Gasteiger partial charge in [0.15, 0.2) is 5.13 Å². The number of nitrogens with zero attached hydrogens (tertiary/aromatic N) is 5. The number of carboxylic acids is 1. The Labute approximate surface area is 246 Å². The van der Waals surface area contributed by atoms with Gasteiger partial charge in [0, 0.05) is 41.5 Å². The molecule has 206 valence electrons. The monoisotopic (exact) mass is 618 g/mol. The summed E-state index contributed by atoms with van der Waals surface area (Å²) in [6.07, 6.45) is 6.54. The zero-order valence-corrected chi connectivity index (χ0v) is 24.7. The molecule has 2 aliphatic heterocycles. The van der Waals surface area contributed by atoms with Crippen LogP contribution in [0.25, 0.3) is 11.3 Å². The Balaban J connectivity index is 0.00000200. The number of hydrogen-bond acceptors (Lipinski definition) is 9. The molecule has 0 aliphatic carbocycles. The summed E-state index contributed by atoms with van der Waals surface area (Å²) in [6.45, 7) is 5.29. The molecule has 0 radical (unpaired) electrons. The van der Waals surface area contributed by atoms with E-state index >= 15 is 0 Å². The average Bonchev–Trinajstić information content (AvgIpc) is 3.60. The van der Waals surface area contributed by atoms with Gasteiger partial charge in [-0.2, -0.15) is 0 Å². The summed E-state index contributed by atoms with van der Waals surface area (Å²) >= 11 is 9.13. The third-order valence-electron chi connectivity index (χ3n) is 6.84. The van der Waals surface area contributed by atoms with Gasteiger partial charge in [-0.05, 0) is 45.2 Å². The lowest BCUT2D eigenvalue weighted by Gasteiger charge is -2.30. The number of anilines is 2. The number of carbonyl (C=O) groups excluding carboxylic acids is 1. The van der Waals surface area contributed by atoms with Crippen LogP contribution in [-0.2, 0) is 11.3 Å². The summed E-state index contributed by atoms with van der Waals surface area (Å²) in [7, 11) is 0. The summed E-state index contributed by atoms with van der Waals surface area (Å²) in [5.74, 6) is -0.795. The number of aromatic nitrogens is 3. The first-order chi connectivity index (χ1) is 17.4. The van der Waals surface area contributed by atoms with E-state index in [1.807, 2.05) is 16.3 Å². The lowest BCUT2D eigenvalue weighted by atomic mass is 9.97. The molecule has 1 amide bonds. The van der Waals surface area contributed by atoms with Crippen molar-refractivity contribution in [1.29, 1.82) is 0 Å². The second-order valence-corrected chi connectivity index (χ2v) is 11.8. The average molecular weight is 620 g/mol. The van der Waals surface area contributed by atoms with Crippen LogP contribution in [0.3, 0.4) is 0 Å². The number of carbonyl (C=O) groups is 2.